The van der Waals surface area contributed by atoms with Crippen LogP contribution in [0.3, 0.4) is 0 Å². The molecule has 162 valence electrons. The lowest BCUT2D eigenvalue weighted by molar-refractivity contribution is -0.141. The van der Waals surface area contributed by atoms with E-state index in [1.807, 2.05) is 17.5 Å². The molecular formula is C24H20N2O5S. The van der Waals surface area contributed by atoms with Crippen molar-refractivity contribution in [1.29, 1.82) is 0 Å². The van der Waals surface area contributed by atoms with Crippen LogP contribution in [-0.2, 0) is 16.1 Å². The van der Waals surface area contributed by atoms with E-state index in [1.54, 1.807) is 48.5 Å². The van der Waals surface area contributed by atoms with E-state index in [0.717, 1.165) is 4.88 Å². The average Bonchev–Trinajstić information content (AvgIpc) is 3.43. The number of nitrogens with zero attached hydrogens (tertiary/aromatic N) is 1. The van der Waals surface area contributed by atoms with Crippen molar-refractivity contribution >= 4 is 35.0 Å². The fraction of sp³-hybridized carbons (Fsp3) is 0.167. The lowest BCUT2D eigenvalue weighted by Gasteiger charge is -2.17. The number of nitrogens with one attached hydrogen (secondary N) is 1. The van der Waals surface area contributed by atoms with Gasteiger partial charge in [-0.15, -0.1) is 11.3 Å². The summed E-state index contributed by atoms with van der Waals surface area (Å²) in [5.41, 5.74) is 1.78. The largest absolute Gasteiger partial charge is 0.469 e. The highest BCUT2D eigenvalue weighted by atomic mass is 32.1. The molecule has 0 radical (unpaired) electrons. The third-order valence-corrected chi connectivity index (χ3v) is 6.18. The van der Waals surface area contributed by atoms with Gasteiger partial charge in [-0.05, 0) is 41.3 Å². The Morgan fingerprint density at radius 1 is 1.00 bits per heavy atom. The lowest BCUT2D eigenvalue weighted by Crippen LogP contribution is -2.31. The van der Waals surface area contributed by atoms with Gasteiger partial charge in [-0.25, -0.2) is 0 Å². The Morgan fingerprint density at radius 2 is 1.72 bits per heavy atom. The average molecular weight is 449 g/mol. The number of carbonyl (C=O) groups is 4. The van der Waals surface area contributed by atoms with Crippen LogP contribution in [0.5, 0.6) is 0 Å². The number of carbonyl (C=O) groups excluding carboxylic acids is 4. The Labute approximate surface area is 188 Å². The number of esters is 1. The minimum Gasteiger partial charge on any atom is -0.469 e. The van der Waals surface area contributed by atoms with Gasteiger partial charge in [0, 0.05) is 10.4 Å². The molecule has 3 amide bonds. The highest BCUT2D eigenvalue weighted by Crippen LogP contribution is 2.25. The zero-order valence-electron chi connectivity index (χ0n) is 17.2. The third-order valence-electron chi connectivity index (χ3n) is 5.20. The molecule has 2 aromatic carbocycles. The number of thiophene rings is 1. The van der Waals surface area contributed by atoms with Crippen molar-refractivity contribution in [3.63, 3.8) is 0 Å². The first-order valence-electron chi connectivity index (χ1n) is 9.93. The first kappa shape index (κ1) is 21.5. The summed E-state index contributed by atoms with van der Waals surface area (Å²) in [6.45, 7) is 0.0595. The molecule has 1 aromatic heterocycles. The summed E-state index contributed by atoms with van der Waals surface area (Å²) in [7, 11) is 1.30. The first-order valence-corrected chi connectivity index (χ1v) is 10.8. The molecule has 4 rings (SSSR count). The van der Waals surface area contributed by atoms with Gasteiger partial charge in [0.1, 0.15) is 0 Å². The van der Waals surface area contributed by atoms with Gasteiger partial charge in [0.15, 0.2) is 0 Å². The van der Waals surface area contributed by atoms with Crippen LogP contribution in [-0.4, -0.2) is 35.7 Å². The molecule has 0 aliphatic carbocycles. The first-order chi connectivity index (χ1) is 15.5. The Balaban J connectivity index is 1.50. The molecule has 32 heavy (non-hydrogen) atoms. The van der Waals surface area contributed by atoms with E-state index in [2.05, 4.69) is 5.32 Å². The van der Waals surface area contributed by atoms with Gasteiger partial charge in [0.25, 0.3) is 17.7 Å². The molecule has 1 atom stereocenters. The highest BCUT2D eigenvalue weighted by Gasteiger charge is 2.35. The zero-order chi connectivity index (χ0) is 22.7. The SMILES string of the molecule is COC(=O)CC(NC(=O)c1cccc(CN2C(=O)c3ccccc3C2=O)c1)c1cccs1. The van der Waals surface area contributed by atoms with Crippen molar-refractivity contribution < 1.29 is 23.9 Å². The van der Waals surface area contributed by atoms with E-state index in [1.165, 1.54) is 23.3 Å². The van der Waals surface area contributed by atoms with E-state index >= 15 is 0 Å². The van der Waals surface area contributed by atoms with Crippen LogP contribution >= 0.6 is 11.3 Å². The van der Waals surface area contributed by atoms with Crippen LogP contribution in [0.15, 0.2) is 66.0 Å². The second kappa shape index (κ2) is 9.15. The maximum absolute atomic E-state index is 12.9. The molecule has 2 heterocycles. The molecular weight excluding hydrogens is 428 g/mol. The molecule has 7 nitrogen and oxygen atoms in total. The van der Waals surface area contributed by atoms with Crippen LogP contribution in [0.1, 0.15) is 54.0 Å². The van der Waals surface area contributed by atoms with E-state index < -0.39 is 12.0 Å². The number of methoxy groups -OCH3 is 1. The van der Waals surface area contributed by atoms with Crippen LogP contribution < -0.4 is 5.32 Å². The maximum atomic E-state index is 12.9. The number of hydrogen-bond donors (Lipinski definition) is 1. The minimum absolute atomic E-state index is 0.0114. The molecule has 0 bridgehead atoms. The highest BCUT2D eigenvalue weighted by molar-refractivity contribution is 7.10. The monoisotopic (exact) mass is 448 g/mol. The fourth-order valence-electron chi connectivity index (χ4n) is 3.58. The Bertz CT molecular complexity index is 1150. The lowest BCUT2D eigenvalue weighted by atomic mass is 10.1. The Hall–Kier alpha value is -3.78. The number of fused-ring (bicyclic) bond motifs is 1. The summed E-state index contributed by atoms with van der Waals surface area (Å²) in [5.74, 6) is -1.49. The minimum atomic E-state index is -0.519. The smallest absolute Gasteiger partial charge is 0.307 e. The van der Waals surface area contributed by atoms with Crippen molar-refractivity contribution in [2.75, 3.05) is 7.11 Å². The fourth-order valence-corrected chi connectivity index (χ4v) is 4.36. The number of hydrogen-bond acceptors (Lipinski definition) is 6. The zero-order valence-corrected chi connectivity index (χ0v) is 18.1. The van der Waals surface area contributed by atoms with Crippen molar-refractivity contribution in [3.8, 4) is 0 Å². The standard InChI is InChI=1S/C24H20N2O5S/c1-31-21(27)13-19(20-10-5-11-32-20)25-22(28)16-7-4-6-15(12-16)14-26-23(29)17-8-2-3-9-18(17)24(26)30/h2-12,19H,13-14H2,1H3,(H,25,28). The topological polar surface area (TPSA) is 92.8 Å². The number of imide groups is 1. The van der Waals surface area contributed by atoms with Gasteiger partial charge in [-0.1, -0.05) is 30.3 Å². The molecule has 1 aliphatic heterocycles. The van der Waals surface area contributed by atoms with E-state index in [-0.39, 0.29) is 30.7 Å². The van der Waals surface area contributed by atoms with Gasteiger partial charge in [-0.2, -0.15) is 0 Å². The predicted octanol–water partition coefficient (Wildman–Crippen LogP) is 3.58. The van der Waals surface area contributed by atoms with Crippen molar-refractivity contribution in [2.45, 2.75) is 19.0 Å². The van der Waals surface area contributed by atoms with Gasteiger partial charge < -0.3 is 10.1 Å². The summed E-state index contributed by atoms with van der Waals surface area (Å²) in [6.07, 6.45) is 0.0114. The number of rotatable bonds is 7. The summed E-state index contributed by atoms with van der Waals surface area (Å²) >= 11 is 1.44. The summed E-state index contributed by atoms with van der Waals surface area (Å²) < 4.78 is 4.75. The Morgan fingerprint density at radius 3 is 2.34 bits per heavy atom. The number of amides is 3. The van der Waals surface area contributed by atoms with Gasteiger partial charge in [-0.3, -0.25) is 24.1 Å². The van der Waals surface area contributed by atoms with Crippen LogP contribution in [0.25, 0.3) is 0 Å². The third kappa shape index (κ3) is 4.31. The molecule has 0 spiro atoms. The van der Waals surface area contributed by atoms with Crippen molar-refractivity contribution in [2.24, 2.45) is 0 Å². The summed E-state index contributed by atoms with van der Waals surface area (Å²) in [4.78, 5) is 52.0. The second-order valence-electron chi connectivity index (χ2n) is 7.26. The second-order valence-corrected chi connectivity index (χ2v) is 8.24. The van der Waals surface area contributed by atoms with Crippen LogP contribution in [0, 0.1) is 0 Å². The molecule has 0 fully saturated rings. The summed E-state index contributed by atoms with van der Waals surface area (Å²) in [5, 5.41) is 4.75. The normalized spacial score (nSPS) is 13.6. The van der Waals surface area contributed by atoms with Gasteiger partial charge in [0.05, 0.1) is 37.2 Å². The van der Waals surface area contributed by atoms with Crippen molar-refractivity contribution in [1.82, 2.24) is 10.2 Å². The number of benzene rings is 2. The van der Waals surface area contributed by atoms with E-state index in [4.69, 9.17) is 4.74 Å². The number of ether oxygens (including phenoxy) is 1. The Kier molecular flexibility index (Phi) is 6.13. The van der Waals surface area contributed by atoms with E-state index in [0.29, 0.717) is 22.3 Å². The summed E-state index contributed by atoms with van der Waals surface area (Å²) in [6, 6.07) is 16.6. The molecule has 1 aliphatic rings. The van der Waals surface area contributed by atoms with Crippen LogP contribution in [0.2, 0.25) is 0 Å². The van der Waals surface area contributed by atoms with E-state index in [9.17, 15) is 19.2 Å². The molecule has 3 aromatic rings. The van der Waals surface area contributed by atoms with Crippen LogP contribution in [0.4, 0.5) is 0 Å². The van der Waals surface area contributed by atoms with Gasteiger partial charge >= 0.3 is 5.97 Å². The predicted molar refractivity (Wildman–Crippen MR) is 118 cm³/mol. The molecule has 8 heteroatoms. The van der Waals surface area contributed by atoms with Crippen molar-refractivity contribution in [3.05, 3.63) is 93.2 Å². The molecule has 1 N–H and O–H groups in total. The quantitative estimate of drug-likeness (QED) is 0.441. The molecule has 0 saturated carbocycles. The maximum Gasteiger partial charge on any atom is 0.307 e. The molecule has 1 unspecified atom stereocenters. The van der Waals surface area contributed by atoms with Gasteiger partial charge in [0.2, 0.25) is 0 Å². The molecule has 0 saturated heterocycles.